The minimum Gasteiger partial charge on any atom is -0.302 e. The van der Waals surface area contributed by atoms with Crippen LogP contribution in [0.4, 0.5) is 4.79 Å². The number of amides is 4. The van der Waals surface area contributed by atoms with Crippen LogP contribution >= 0.6 is 0 Å². The summed E-state index contributed by atoms with van der Waals surface area (Å²) < 4.78 is 0. The Morgan fingerprint density at radius 1 is 1.30 bits per heavy atom. The molecule has 0 radical (unpaired) electrons. The molecule has 4 amide bonds. The van der Waals surface area contributed by atoms with Gasteiger partial charge in [0.05, 0.1) is 0 Å². The predicted molar refractivity (Wildman–Crippen MR) is 73.8 cm³/mol. The molecular formula is C14H23N3O3. The average molecular weight is 281 g/mol. The molecular weight excluding hydrogens is 258 g/mol. The molecule has 0 spiro atoms. The molecule has 6 heteroatoms. The van der Waals surface area contributed by atoms with Crippen LogP contribution in [0.1, 0.15) is 33.1 Å². The van der Waals surface area contributed by atoms with Crippen molar-refractivity contribution in [1.29, 1.82) is 0 Å². The molecule has 0 bridgehead atoms. The Morgan fingerprint density at radius 3 is 2.30 bits per heavy atom. The van der Waals surface area contributed by atoms with E-state index >= 15 is 0 Å². The second-order valence-corrected chi connectivity index (χ2v) is 6.41. The van der Waals surface area contributed by atoms with E-state index in [9.17, 15) is 14.4 Å². The maximum absolute atomic E-state index is 12.5. The van der Waals surface area contributed by atoms with Crippen LogP contribution in [0.25, 0.3) is 0 Å². The highest BCUT2D eigenvalue weighted by molar-refractivity contribution is 6.16. The topological polar surface area (TPSA) is 69.7 Å². The van der Waals surface area contributed by atoms with E-state index in [1.165, 1.54) is 4.90 Å². The predicted octanol–water partition coefficient (Wildman–Crippen LogP) is 0.821. The van der Waals surface area contributed by atoms with Gasteiger partial charge in [0.1, 0.15) is 5.92 Å². The van der Waals surface area contributed by atoms with Crippen molar-refractivity contribution in [3.8, 4) is 0 Å². The number of barbiturate groups is 1. The van der Waals surface area contributed by atoms with E-state index < -0.39 is 17.9 Å². The number of urea groups is 1. The lowest BCUT2D eigenvalue weighted by molar-refractivity contribution is -0.146. The fourth-order valence-electron chi connectivity index (χ4n) is 2.99. The van der Waals surface area contributed by atoms with Gasteiger partial charge in [0.25, 0.3) is 0 Å². The van der Waals surface area contributed by atoms with Crippen LogP contribution in [0.15, 0.2) is 0 Å². The summed E-state index contributed by atoms with van der Waals surface area (Å²) >= 11 is 0. The van der Waals surface area contributed by atoms with E-state index in [-0.39, 0.29) is 17.4 Å². The van der Waals surface area contributed by atoms with Gasteiger partial charge < -0.3 is 4.90 Å². The molecule has 1 atom stereocenters. The summed E-state index contributed by atoms with van der Waals surface area (Å²) in [5.74, 6) is -1.71. The van der Waals surface area contributed by atoms with Crippen molar-refractivity contribution >= 4 is 17.8 Å². The molecule has 1 aliphatic carbocycles. The van der Waals surface area contributed by atoms with Gasteiger partial charge in [-0.3, -0.25) is 19.8 Å². The van der Waals surface area contributed by atoms with Crippen LogP contribution in [0.3, 0.4) is 0 Å². The molecule has 2 aliphatic rings. The van der Waals surface area contributed by atoms with E-state index in [4.69, 9.17) is 0 Å². The van der Waals surface area contributed by atoms with E-state index in [2.05, 4.69) is 10.2 Å². The molecule has 2 rings (SSSR count). The number of nitrogens with zero attached hydrogens (tertiary/aromatic N) is 2. The second kappa shape index (κ2) is 5.16. The third-order valence-electron chi connectivity index (χ3n) is 4.64. The van der Waals surface area contributed by atoms with Crippen molar-refractivity contribution in [3.05, 3.63) is 0 Å². The smallest absolute Gasteiger partial charge is 0.302 e. The summed E-state index contributed by atoms with van der Waals surface area (Å²) in [5.41, 5.74) is -0.130. The lowest BCUT2D eigenvalue weighted by atomic mass is 9.75. The van der Waals surface area contributed by atoms with E-state index in [0.717, 1.165) is 19.3 Å². The molecule has 1 saturated carbocycles. The summed E-state index contributed by atoms with van der Waals surface area (Å²) in [7, 11) is 3.94. The lowest BCUT2D eigenvalue weighted by Gasteiger charge is -2.50. The first-order chi connectivity index (χ1) is 9.28. The zero-order chi connectivity index (χ0) is 15.1. The molecule has 0 aromatic heterocycles. The molecule has 0 aromatic carbocycles. The van der Waals surface area contributed by atoms with Gasteiger partial charge in [-0.25, -0.2) is 4.79 Å². The summed E-state index contributed by atoms with van der Waals surface area (Å²) in [6.07, 6.45) is 3.04. The Kier molecular flexibility index (Phi) is 3.86. The van der Waals surface area contributed by atoms with Crippen molar-refractivity contribution < 1.29 is 14.4 Å². The van der Waals surface area contributed by atoms with Gasteiger partial charge in [-0.1, -0.05) is 13.8 Å². The summed E-state index contributed by atoms with van der Waals surface area (Å²) in [4.78, 5) is 39.5. The third-order valence-corrected chi connectivity index (χ3v) is 4.64. The Balaban J connectivity index is 2.20. The summed E-state index contributed by atoms with van der Waals surface area (Å²) in [6.45, 7) is 4.00. The Hall–Kier alpha value is -1.43. The highest BCUT2D eigenvalue weighted by atomic mass is 16.2. The monoisotopic (exact) mass is 281 g/mol. The number of carbonyl (C=O) groups is 3. The molecule has 1 N–H and O–H groups in total. The van der Waals surface area contributed by atoms with E-state index in [0.29, 0.717) is 6.54 Å². The maximum atomic E-state index is 12.5. The molecule has 6 nitrogen and oxygen atoms in total. The van der Waals surface area contributed by atoms with Crippen molar-refractivity contribution in [1.82, 2.24) is 15.1 Å². The van der Waals surface area contributed by atoms with Crippen molar-refractivity contribution in [2.45, 2.75) is 38.6 Å². The minimum atomic E-state index is -0.757. The van der Waals surface area contributed by atoms with Crippen LogP contribution in [-0.4, -0.2) is 53.8 Å². The number of hydrogen-bond donors (Lipinski definition) is 1. The Labute approximate surface area is 119 Å². The first kappa shape index (κ1) is 15.0. The lowest BCUT2D eigenvalue weighted by Crippen LogP contribution is -2.65. The van der Waals surface area contributed by atoms with Crippen molar-refractivity contribution in [3.63, 3.8) is 0 Å². The fourth-order valence-corrected chi connectivity index (χ4v) is 2.99. The second-order valence-electron chi connectivity index (χ2n) is 6.41. The van der Waals surface area contributed by atoms with Crippen LogP contribution < -0.4 is 5.32 Å². The minimum absolute atomic E-state index is 0.116. The van der Waals surface area contributed by atoms with Crippen LogP contribution in [0, 0.1) is 11.8 Å². The average Bonchev–Trinajstić information content (AvgIpc) is 2.24. The van der Waals surface area contributed by atoms with Gasteiger partial charge in [-0.15, -0.1) is 0 Å². The summed E-state index contributed by atoms with van der Waals surface area (Å²) in [6, 6.07) is -0.579. The van der Waals surface area contributed by atoms with Crippen LogP contribution in [0.2, 0.25) is 0 Å². The first-order valence-electron chi connectivity index (χ1n) is 7.12. The summed E-state index contributed by atoms with van der Waals surface area (Å²) in [5, 5.41) is 2.31. The number of rotatable bonds is 4. The van der Waals surface area contributed by atoms with Gasteiger partial charge in [-0.05, 0) is 39.3 Å². The van der Waals surface area contributed by atoms with E-state index in [1.54, 1.807) is 0 Å². The van der Waals surface area contributed by atoms with Gasteiger partial charge in [0.15, 0.2) is 0 Å². The molecule has 112 valence electrons. The molecule has 1 aliphatic heterocycles. The normalized spacial score (nSPS) is 26.0. The first-order valence-corrected chi connectivity index (χ1v) is 7.12. The van der Waals surface area contributed by atoms with Gasteiger partial charge >= 0.3 is 6.03 Å². The number of carbonyl (C=O) groups excluding carboxylic acids is 3. The molecule has 0 aromatic rings. The molecule has 20 heavy (non-hydrogen) atoms. The Bertz CT molecular complexity index is 441. The van der Waals surface area contributed by atoms with Crippen molar-refractivity contribution in [2.75, 3.05) is 20.6 Å². The largest absolute Gasteiger partial charge is 0.330 e. The zero-order valence-electron chi connectivity index (χ0n) is 12.6. The SMILES string of the molecule is CC(C)C1C(=O)NC(=O)N(CC2(N(C)C)CCC2)C1=O. The van der Waals surface area contributed by atoms with Gasteiger partial charge in [0, 0.05) is 12.1 Å². The highest BCUT2D eigenvalue weighted by Gasteiger charge is 2.48. The number of likely N-dealkylation sites (N-methyl/N-ethyl adjacent to an activating group) is 1. The molecule has 1 unspecified atom stereocenters. The number of hydrogen-bond acceptors (Lipinski definition) is 4. The number of nitrogens with one attached hydrogen (secondary N) is 1. The fraction of sp³-hybridized carbons (Fsp3) is 0.786. The van der Waals surface area contributed by atoms with Crippen molar-refractivity contribution in [2.24, 2.45) is 11.8 Å². The molecule has 1 heterocycles. The van der Waals surface area contributed by atoms with E-state index in [1.807, 2.05) is 27.9 Å². The van der Waals surface area contributed by atoms with Crippen LogP contribution in [0.5, 0.6) is 0 Å². The Morgan fingerprint density at radius 2 is 1.90 bits per heavy atom. The van der Waals surface area contributed by atoms with Gasteiger partial charge in [0.2, 0.25) is 11.8 Å². The maximum Gasteiger partial charge on any atom is 0.330 e. The quantitative estimate of drug-likeness (QED) is 0.775. The van der Waals surface area contributed by atoms with Crippen LogP contribution in [-0.2, 0) is 9.59 Å². The standard InChI is InChI=1S/C14H23N3O3/c1-9(2)10-11(18)15-13(20)17(12(10)19)8-14(16(3)4)6-5-7-14/h9-10H,5-8H2,1-4H3,(H,15,18,20). The van der Waals surface area contributed by atoms with Gasteiger partial charge in [-0.2, -0.15) is 0 Å². The number of imide groups is 2. The molecule has 1 saturated heterocycles. The molecule has 2 fully saturated rings. The third kappa shape index (κ3) is 2.32. The highest BCUT2D eigenvalue weighted by Crippen LogP contribution is 2.37. The zero-order valence-corrected chi connectivity index (χ0v) is 12.6.